The fraction of sp³-hybridized carbons (Fsp3) is 0.389. The number of amides is 2. The number of hydrogen-bond acceptors (Lipinski definition) is 6. The van der Waals surface area contributed by atoms with Gasteiger partial charge in [-0.1, -0.05) is 17.7 Å². The number of hydrogen-bond donors (Lipinski definition) is 1. The molecule has 140 valence electrons. The van der Waals surface area contributed by atoms with Crippen LogP contribution in [0.25, 0.3) is 0 Å². The summed E-state index contributed by atoms with van der Waals surface area (Å²) in [5.74, 6) is -0.490. The number of rotatable bonds is 7. The third-order valence-corrected chi connectivity index (χ3v) is 4.58. The van der Waals surface area contributed by atoms with Crippen LogP contribution in [0, 0.1) is 13.8 Å². The SMILES string of the molecule is COCCN(Cc1nc(C(=O)OC)cs1)C(=O)Nc1ccc(C)cc1C. The number of carbonyl (C=O) groups is 2. The molecule has 7 nitrogen and oxygen atoms in total. The van der Waals surface area contributed by atoms with Gasteiger partial charge in [0.1, 0.15) is 5.01 Å². The second-order valence-electron chi connectivity index (χ2n) is 5.78. The van der Waals surface area contributed by atoms with Crippen molar-refractivity contribution in [2.24, 2.45) is 0 Å². The highest BCUT2D eigenvalue weighted by molar-refractivity contribution is 7.09. The lowest BCUT2D eigenvalue weighted by Crippen LogP contribution is -2.37. The summed E-state index contributed by atoms with van der Waals surface area (Å²) in [7, 11) is 2.89. The first-order chi connectivity index (χ1) is 12.4. The first-order valence-corrected chi connectivity index (χ1v) is 8.97. The normalized spacial score (nSPS) is 10.5. The highest BCUT2D eigenvalue weighted by Gasteiger charge is 2.18. The van der Waals surface area contributed by atoms with Crippen LogP contribution in [0.1, 0.15) is 26.6 Å². The molecule has 0 aliphatic heterocycles. The predicted molar refractivity (Wildman–Crippen MR) is 101 cm³/mol. The van der Waals surface area contributed by atoms with Crippen LogP contribution >= 0.6 is 11.3 Å². The molecular weight excluding hydrogens is 354 g/mol. The van der Waals surface area contributed by atoms with Gasteiger partial charge in [-0.15, -0.1) is 11.3 Å². The van der Waals surface area contributed by atoms with Crippen molar-refractivity contribution in [1.82, 2.24) is 9.88 Å². The average Bonchev–Trinajstić information content (AvgIpc) is 3.08. The molecule has 0 unspecified atom stereocenters. The highest BCUT2D eigenvalue weighted by atomic mass is 32.1. The molecule has 2 rings (SSSR count). The van der Waals surface area contributed by atoms with Gasteiger partial charge in [0, 0.05) is 24.7 Å². The summed E-state index contributed by atoms with van der Waals surface area (Å²) in [6.07, 6.45) is 0. The molecule has 1 aromatic carbocycles. The van der Waals surface area contributed by atoms with Crippen LogP contribution in [-0.4, -0.2) is 49.3 Å². The minimum absolute atomic E-state index is 0.244. The molecule has 2 aromatic rings. The summed E-state index contributed by atoms with van der Waals surface area (Å²) in [5, 5.41) is 5.20. The molecule has 0 radical (unpaired) electrons. The van der Waals surface area contributed by atoms with E-state index in [0.717, 1.165) is 16.8 Å². The van der Waals surface area contributed by atoms with Crippen LogP contribution in [0.3, 0.4) is 0 Å². The van der Waals surface area contributed by atoms with E-state index in [4.69, 9.17) is 4.74 Å². The van der Waals surface area contributed by atoms with Crippen molar-refractivity contribution in [3.05, 3.63) is 45.4 Å². The molecule has 8 heteroatoms. The predicted octanol–water partition coefficient (Wildman–Crippen LogP) is 3.23. The molecule has 1 heterocycles. The molecule has 0 bridgehead atoms. The van der Waals surface area contributed by atoms with E-state index in [1.165, 1.54) is 18.4 Å². The number of aromatic nitrogens is 1. The van der Waals surface area contributed by atoms with Crippen molar-refractivity contribution in [2.75, 3.05) is 32.7 Å². The molecule has 0 aliphatic rings. The molecule has 1 aromatic heterocycles. The third-order valence-electron chi connectivity index (χ3n) is 3.75. The Labute approximate surface area is 156 Å². The molecule has 0 aliphatic carbocycles. The maximum absolute atomic E-state index is 12.7. The van der Waals surface area contributed by atoms with E-state index in [1.54, 1.807) is 17.4 Å². The average molecular weight is 377 g/mol. The summed E-state index contributed by atoms with van der Waals surface area (Å²) in [6, 6.07) is 5.60. The summed E-state index contributed by atoms with van der Waals surface area (Å²) >= 11 is 1.31. The van der Waals surface area contributed by atoms with Gasteiger partial charge >= 0.3 is 12.0 Å². The monoisotopic (exact) mass is 377 g/mol. The van der Waals surface area contributed by atoms with Crippen LogP contribution in [0.4, 0.5) is 10.5 Å². The number of thiazole rings is 1. The van der Waals surface area contributed by atoms with Crippen molar-refractivity contribution < 1.29 is 19.1 Å². The molecule has 0 fully saturated rings. The Balaban J connectivity index is 2.11. The first kappa shape index (κ1) is 19.9. The number of ether oxygens (including phenoxy) is 2. The molecular formula is C18H23N3O4S. The van der Waals surface area contributed by atoms with Crippen molar-refractivity contribution in [2.45, 2.75) is 20.4 Å². The zero-order valence-corrected chi connectivity index (χ0v) is 16.2. The standard InChI is InChI=1S/C18H23N3O4S/c1-12-5-6-14(13(2)9-12)20-18(23)21(7-8-24-3)10-16-19-15(11-26-16)17(22)25-4/h5-6,9,11H,7-8,10H2,1-4H3,(H,20,23). The van der Waals surface area contributed by atoms with Gasteiger partial charge in [0.2, 0.25) is 0 Å². The van der Waals surface area contributed by atoms with E-state index in [2.05, 4.69) is 15.0 Å². The molecule has 0 atom stereocenters. The van der Waals surface area contributed by atoms with Crippen LogP contribution in [0.15, 0.2) is 23.6 Å². The summed E-state index contributed by atoms with van der Waals surface area (Å²) < 4.78 is 9.76. The summed E-state index contributed by atoms with van der Waals surface area (Å²) in [4.78, 5) is 30.1. The maximum atomic E-state index is 12.7. The Morgan fingerprint density at radius 2 is 2.04 bits per heavy atom. The topological polar surface area (TPSA) is 80.8 Å². The Kier molecular flexibility index (Phi) is 7.11. The van der Waals surface area contributed by atoms with Crippen molar-refractivity contribution >= 4 is 29.0 Å². The smallest absolute Gasteiger partial charge is 0.357 e. The lowest BCUT2D eigenvalue weighted by molar-refractivity contribution is 0.0594. The Bertz CT molecular complexity index is 776. The van der Waals surface area contributed by atoms with Gasteiger partial charge in [0.15, 0.2) is 5.69 Å². The fourth-order valence-corrected chi connectivity index (χ4v) is 3.13. The van der Waals surface area contributed by atoms with Crippen molar-refractivity contribution in [1.29, 1.82) is 0 Å². The minimum atomic E-state index is -0.490. The maximum Gasteiger partial charge on any atom is 0.357 e. The van der Waals surface area contributed by atoms with Crippen LogP contribution < -0.4 is 5.32 Å². The number of methoxy groups -OCH3 is 2. The molecule has 2 amide bonds. The van der Waals surface area contributed by atoms with Gasteiger partial charge < -0.3 is 19.7 Å². The Morgan fingerprint density at radius 3 is 2.69 bits per heavy atom. The lowest BCUT2D eigenvalue weighted by atomic mass is 10.1. The summed E-state index contributed by atoms with van der Waals surface area (Å²) in [6.45, 7) is 5.04. The van der Waals surface area contributed by atoms with Gasteiger partial charge in [-0.05, 0) is 25.5 Å². The molecule has 1 N–H and O–H groups in total. The zero-order chi connectivity index (χ0) is 19.1. The Morgan fingerprint density at radius 1 is 1.27 bits per heavy atom. The van der Waals surface area contributed by atoms with Crippen molar-refractivity contribution in [3.8, 4) is 0 Å². The third kappa shape index (κ3) is 5.27. The van der Waals surface area contributed by atoms with Gasteiger partial charge in [-0.25, -0.2) is 14.6 Å². The number of anilines is 1. The van der Waals surface area contributed by atoms with E-state index < -0.39 is 5.97 Å². The second-order valence-corrected chi connectivity index (χ2v) is 6.72. The van der Waals surface area contributed by atoms with E-state index in [0.29, 0.717) is 18.2 Å². The van der Waals surface area contributed by atoms with Crippen LogP contribution in [0.2, 0.25) is 0 Å². The minimum Gasteiger partial charge on any atom is -0.464 e. The number of nitrogens with one attached hydrogen (secondary N) is 1. The largest absolute Gasteiger partial charge is 0.464 e. The first-order valence-electron chi connectivity index (χ1n) is 8.09. The molecule has 0 spiro atoms. The summed E-state index contributed by atoms with van der Waals surface area (Å²) in [5.41, 5.74) is 3.13. The number of benzene rings is 1. The molecule has 0 saturated heterocycles. The van der Waals surface area contributed by atoms with E-state index in [9.17, 15) is 9.59 Å². The van der Waals surface area contributed by atoms with Gasteiger partial charge in [-0.3, -0.25) is 0 Å². The number of urea groups is 1. The van der Waals surface area contributed by atoms with Crippen LogP contribution in [0.5, 0.6) is 0 Å². The second kappa shape index (κ2) is 9.30. The number of carbonyl (C=O) groups excluding carboxylic acids is 2. The van der Waals surface area contributed by atoms with Crippen LogP contribution in [-0.2, 0) is 16.0 Å². The van der Waals surface area contributed by atoms with Gasteiger partial charge in [-0.2, -0.15) is 0 Å². The lowest BCUT2D eigenvalue weighted by Gasteiger charge is -2.22. The molecule has 26 heavy (non-hydrogen) atoms. The van der Waals surface area contributed by atoms with E-state index in [1.807, 2.05) is 32.0 Å². The van der Waals surface area contributed by atoms with E-state index in [-0.39, 0.29) is 18.3 Å². The van der Waals surface area contributed by atoms with E-state index >= 15 is 0 Å². The number of nitrogens with zero attached hydrogens (tertiary/aromatic N) is 2. The van der Waals surface area contributed by atoms with Gasteiger partial charge in [0.05, 0.1) is 20.3 Å². The van der Waals surface area contributed by atoms with Gasteiger partial charge in [0.25, 0.3) is 0 Å². The quantitative estimate of drug-likeness (QED) is 0.749. The highest BCUT2D eigenvalue weighted by Crippen LogP contribution is 2.18. The Hall–Kier alpha value is -2.45. The zero-order valence-electron chi connectivity index (χ0n) is 15.4. The fourth-order valence-electron chi connectivity index (χ4n) is 2.35. The van der Waals surface area contributed by atoms with Crippen molar-refractivity contribution in [3.63, 3.8) is 0 Å². The number of esters is 1. The molecule has 0 saturated carbocycles. The number of aryl methyl sites for hydroxylation is 2.